The summed E-state index contributed by atoms with van der Waals surface area (Å²) in [4.78, 5) is 2.13. The molecule has 0 saturated heterocycles. The van der Waals surface area contributed by atoms with E-state index in [1.807, 2.05) is 60.7 Å². The minimum Gasteiger partial charge on any atom is -0.310 e. The van der Waals surface area contributed by atoms with Gasteiger partial charge in [-0.05, 0) is 119 Å². The Balaban J connectivity index is 1.25. The van der Waals surface area contributed by atoms with Crippen LogP contribution in [0.15, 0.2) is 224 Å². The summed E-state index contributed by atoms with van der Waals surface area (Å²) in [5.41, 5.74) is 9.75. The van der Waals surface area contributed by atoms with Crippen molar-refractivity contribution >= 4 is 38.6 Å². The van der Waals surface area contributed by atoms with Gasteiger partial charge >= 0.3 is 0 Å². The Labute approximate surface area is 365 Å². The van der Waals surface area contributed by atoms with Crippen LogP contribution in [0.1, 0.15) is 37.3 Å². The van der Waals surface area contributed by atoms with Gasteiger partial charge in [0.2, 0.25) is 0 Å². The minimum absolute atomic E-state index is 0.00348. The lowest BCUT2D eigenvalue weighted by Crippen LogP contribution is -2.17. The summed E-state index contributed by atoms with van der Waals surface area (Å²) in [5.74, 6) is 0. The van der Waals surface area contributed by atoms with Crippen molar-refractivity contribution in [3.05, 3.63) is 235 Å². The van der Waals surface area contributed by atoms with E-state index in [1.54, 1.807) is 0 Å². The van der Waals surface area contributed by atoms with E-state index in [1.165, 1.54) is 11.1 Å². The molecule has 0 atom stereocenters. The summed E-state index contributed by atoms with van der Waals surface area (Å²) in [6.45, 7) is 4.47. The quantitative estimate of drug-likeness (QED) is 0.146. The number of anilines is 3. The molecule has 0 amide bonds. The highest BCUT2D eigenvalue weighted by Crippen LogP contribution is 2.52. The molecular weight excluding hydrogens is 723 g/mol. The topological polar surface area (TPSA) is 3.24 Å². The lowest BCUT2D eigenvalue weighted by Gasteiger charge is -2.31. The Kier molecular flexibility index (Phi) is 6.55. The third kappa shape index (κ3) is 5.93. The van der Waals surface area contributed by atoms with Gasteiger partial charge in [-0.1, -0.05) is 202 Å². The van der Waals surface area contributed by atoms with Crippen LogP contribution in [0.4, 0.5) is 17.1 Å². The minimum atomic E-state index is -0.628. The predicted molar refractivity (Wildman–Crippen MR) is 255 cm³/mol. The van der Waals surface area contributed by atoms with Crippen LogP contribution in [0.2, 0.25) is 0 Å². The van der Waals surface area contributed by atoms with Crippen LogP contribution < -0.4 is 4.90 Å². The molecule has 1 heteroatoms. The first-order valence-corrected chi connectivity index (χ1v) is 20.2. The van der Waals surface area contributed by atoms with Gasteiger partial charge in [0.1, 0.15) is 0 Å². The van der Waals surface area contributed by atoms with Gasteiger partial charge in [-0.2, -0.15) is 0 Å². The summed E-state index contributed by atoms with van der Waals surface area (Å²) in [6.07, 6.45) is 0. The fraction of sp³-hybridized carbons (Fsp3) is 0.0508. The molecule has 0 aliphatic heterocycles. The van der Waals surface area contributed by atoms with Crippen molar-refractivity contribution in [2.75, 3.05) is 4.90 Å². The highest BCUT2D eigenvalue weighted by atomic mass is 15.1. The predicted octanol–water partition coefficient (Wildman–Crippen LogP) is 16.4. The van der Waals surface area contributed by atoms with E-state index < -0.39 is 54.4 Å². The largest absolute Gasteiger partial charge is 0.310 e. The molecule has 0 unspecified atom stereocenters. The van der Waals surface area contributed by atoms with Gasteiger partial charge in [0.15, 0.2) is 0 Å². The van der Waals surface area contributed by atoms with Crippen molar-refractivity contribution in [2.24, 2.45) is 0 Å². The highest BCUT2D eigenvalue weighted by molar-refractivity contribution is 6.15. The molecule has 0 spiro atoms. The van der Waals surface area contributed by atoms with Gasteiger partial charge in [0.25, 0.3) is 0 Å². The Morgan fingerprint density at radius 3 is 1.78 bits per heavy atom. The molecule has 0 fully saturated rings. The van der Waals surface area contributed by atoms with E-state index in [0.717, 1.165) is 60.7 Å². The molecule has 1 nitrogen and oxygen atoms in total. The molecule has 284 valence electrons. The summed E-state index contributed by atoms with van der Waals surface area (Å²) < 4.78 is 81.9. The van der Waals surface area contributed by atoms with E-state index in [9.17, 15) is 5.48 Å². The van der Waals surface area contributed by atoms with Crippen LogP contribution >= 0.6 is 0 Å². The first kappa shape index (κ1) is 27.3. The number of fused-ring (bicyclic) bond motifs is 6. The standard InChI is InChI=1S/C59H43N/c1-59(2)55-26-14-13-24-51(55)52-37-36-47(39-56(52)59)60(46-34-32-43(33-35-46)41-18-7-4-8-19-41)57-27-15-25-53(58(57)44-30-28-42(29-31-44)40-16-5-3-6-17-40)54-38-45-20-9-10-21-48(45)49-22-11-12-23-50(49)54/h3-39H,1-2H3/i3D,5D,6D,16D,17D,28D,29D,30D,31D. The molecule has 1 aliphatic carbocycles. The number of hydrogen-bond acceptors (Lipinski definition) is 1. The molecule has 10 aromatic carbocycles. The fourth-order valence-corrected chi connectivity index (χ4v) is 9.12. The zero-order valence-corrected chi connectivity index (χ0v) is 33.1. The number of benzene rings is 10. The van der Waals surface area contributed by atoms with Crippen LogP contribution in [0.25, 0.3) is 77.2 Å². The molecule has 0 radical (unpaired) electrons. The van der Waals surface area contributed by atoms with E-state index in [0.29, 0.717) is 16.8 Å². The van der Waals surface area contributed by atoms with Crippen LogP contribution in [0.3, 0.4) is 0 Å². The van der Waals surface area contributed by atoms with Crippen LogP contribution in [0, 0.1) is 0 Å². The molecule has 0 aromatic heterocycles. The second-order valence-corrected chi connectivity index (χ2v) is 15.8. The van der Waals surface area contributed by atoms with Crippen LogP contribution in [-0.2, 0) is 5.41 Å². The fourth-order valence-electron chi connectivity index (χ4n) is 9.12. The summed E-state index contributed by atoms with van der Waals surface area (Å²) >= 11 is 0. The van der Waals surface area contributed by atoms with Gasteiger partial charge in [-0.15, -0.1) is 0 Å². The maximum Gasteiger partial charge on any atom is 0.0629 e. The first-order valence-electron chi connectivity index (χ1n) is 24.7. The Bertz CT molecular complexity index is 3690. The molecule has 0 N–H and O–H groups in total. The second-order valence-electron chi connectivity index (χ2n) is 15.8. The van der Waals surface area contributed by atoms with Crippen molar-refractivity contribution < 1.29 is 12.3 Å². The first-order chi connectivity index (χ1) is 33.3. The lowest BCUT2D eigenvalue weighted by molar-refractivity contribution is 0.660. The van der Waals surface area contributed by atoms with Gasteiger partial charge < -0.3 is 4.90 Å². The van der Waals surface area contributed by atoms with Crippen molar-refractivity contribution in [3.8, 4) is 55.6 Å². The van der Waals surface area contributed by atoms with Crippen molar-refractivity contribution in [1.82, 2.24) is 0 Å². The summed E-state index contributed by atoms with van der Waals surface area (Å²) in [6, 6.07) is 52.7. The molecule has 1 aliphatic rings. The van der Waals surface area contributed by atoms with Gasteiger partial charge in [0, 0.05) is 22.4 Å². The van der Waals surface area contributed by atoms with Crippen molar-refractivity contribution in [2.45, 2.75) is 19.3 Å². The smallest absolute Gasteiger partial charge is 0.0629 e. The number of rotatable bonds is 7. The zero-order chi connectivity index (χ0) is 48.0. The maximum atomic E-state index is 9.94. The molecule has 60 heavy (non-hydrogen) atoms. The average molecular weight is 775 g/mol. The van der Waals surface area contributed by atoms with Gasteiger partial charge in [-0.3, -0.25) is 0 Å². The van der Waals surface area contributed by atoms with Crippen LogP contribution in [0.5, 0.6) is 0 Å². The third-order valence-electron chi connectivity index (χ3n) is 12.0. The van der Waals surface area contributed by atoms with E-state index in [4.69, 9.17) is 6.85 Å². The summed E-state index contributed by atoms with van der Waals surface area (Å²) in [5, 5.41) is 3.97. The van der Waals surface area contributed by atoms with Crippen molar-refractivity contribution in [1.29, 1.82) is 0 Å². The van der Waals surface area contributed by atoms with E-state index in [-0.39, 0.29) is 22.1 Å². The van der Waals surface area contributed by atoms with Crippen molar-refractivity contribution in [3.63, 3.8) is 0 Å². The SMILES string of the molecule is [2H]c1c([2H])c([2H])c(-c2c([2H])c([2H])c(-c3c(-c4cc5ccccc5c5ccccc45)cccc3N(c3ccc(-c4ccccc4)cc3)c3ccc4c(c3)C(C)(C)c3ccccc3-4)c([2H])c2[2H])c([2H])c1[2H]. The molecule has 11 rings (SSSR count). The normalized spacial score (nSPS) is 14.7. The Morgan fingerprint density at radius 1 is 0.383 bits per heavy atom. The molecule has 0 bridgehead atoms. The molecule has 0 saturated carbocycles. The number of hydrogen-bond donors (Lipinski definition) is 0. The Morgan fingerprint density at radius 2 is 0.983 bits per heavy atom. The summed E-state index contributed by atoms with van der Waals surface area (Å²) in [7, 11) is 0. The second kappa shape index (κ2) is 14.4. The van der Waals surface area contributed by atoms with Gasteiger partial charge in [-0.25, -0.2) is 0 Å². The maximum absolute atomic E-state index is 9.94. The average Bonchev–Trinajstić information content (AvgIpc) is 3.61. The zero-order valence-electron chi connectivity index (χ0n) is 42.1. The van der Waals surface area contributed by atoms with Gasteiger partial charge in [0.05, 0.1) is 18.0 Å². The highest BCUT2D eigenvalue weighted by Gasteiger charge is 2.36. The van der Waals surface area contributed by atoms with E-state index >= 15 is 0 Å². The molecule has 10 aromatic rings. The monoisotopic (exact) mass is 774 g/mol. The van der Waals surface area contributed by atoms with E-state index in [2.05, 4.69) is 128 Å². The molecule has 0 heterocycles. The van der Waals surface area contributed by atoms with Crippen LogP contribution in [-0.4, -0.2) is 0 Å². The third-order valence-corrected chi connectivity index (χ3v) is 12.0. The lowest BCUT2D eigenvalue weighted by atomic mass is 9.82. The number of nitrogens with zero attached hydrogens (tertiary/aromatic N) is 1. The molecular formula is C59H43N. The Hall–Kier alpha value is -7.48.